The van der Waals surface area contributed by atoms with Crippen LogP contribution in [0.1, 0.15) is 11.4 Å². The molecule has 1 fully saturated rings. The Bertz CT molecular complexity index is 1030. The number of rotatable bonds is 5. The number of piperazine rings is 1. The molecule has 0 N–H and O–H groups in total. The summed E-state index contributed by atoms with van der Waals surface area (Å²) < 4.78 is 28.8. The summed E-state index contributed by atoms with van der Waals surface area (Å²) in [5.41, 5.74) is 2.09. The molecule has 0 radical (unpaired) electrons. The van der Waals surface area contributed by atoms with Crippen LogP contribution in [-0.2, 0) is 16.6 Å². The number of aryl methyl sites for hydroxylation is 1. The summed E-state index contributed by atoms with van der Waals surface area (Å²) >= 11 is 0. The van der Waals surface area contributed by atoms with Crippen LogP contribution in [0.3, 0.4) is 0 Å². The molecular formula is C19H22N6O2S. The fourth-order valence-corrected chi connectivity index (χ4v) is 4.70. The fraction of sp³-hybridized carbons (Fsp3) is 0.316. The lowest BCUT2D eigenvalue weighted by Gasteiger charge is -2.33. The van der Waals surface area contributed by atoms with Gasteiger partial charge in [-0.2, -0.15) is 8.99 Å². The maximum Gasteiger partial charge on any atom is 0.243 e. The standard InChI is InChI=1S/C19H22N6O2S/c1-16-7-9-17(10-8-16)25-19(20-21-22-25)15-23-11-13-24(14-12-23)28(26,27)18-5-3-2-4-6-18/h2-10H,11-15H2,1H3. The van der Waals surface area contributed by atoms with Crippen LogP contribution in [0.4, 0.5) is 0 Å². The molecule has 0 bridgehead atoms. The van der Waals surface area contributed by atoms with Gasteiger partial charge >= 0.3 is 0 Å². The largest absolute Gasteiger partial charge is 0.293 e. The molecule has 0 aliphatic carbocycles. The van der Waals surface area contributed by atoms with Crippen molar-refractivity contribution in [2.75, 3.05) is 26.2 Å². The minimum Gasteiger partial charge on any atom is -0.293 e. The number of nitrogens with zero attached hydrogens (tertiary/aromatic N) is 6. The molecule has 1 aromatic heterocycles. The van der Waals surface area contributed by atoms with E-state index in [1.807, 2.05) is 37.3 Å². The molecule has 28 heavy (non-hydrogen) atoms. The quantitative estimate of drug-likeness (QED) is 0.647. The average Bonchev–Trinajstić information content (AvgIpc) is 3.18. The second-order valence-corrected chi connectivity index (χ2v) is 8.77. The molecule has 0 saturated carbocycles. The van der Waals surface area contributed by atoms with Crippen LogP contribution in [0.2, 0.25) is 0 Å². The van der Waals surface area contributed by atoms with Crippen molar-refractivity contribution in [3.8, 4) is 5.69 Å². The Morgan fingerprint density at radius 3 is 2.29 bits per heavy atom. The van der Waals surface area contributed by atoms with Gasteiger partial charge in [-0.25, -0.2) is 8.42 Å². The fourth-order valence-electron chi connectivity index (χ4n) is 3.26. The SMILES string of the molecule is Cc1ccc(-n2nnnc2CN2CCN(S(=O)(=O)c3ccccc3)CC2)cc1. The lowest BCUT2D eigenvalue weighted by Crippen LogP contribution is -2.48. The molecule has 1 saturated heterocycles. The van der Waals surface area contributed by atoms with Crippen LogP contribution in [-0.4, -0.2) is 64.0 Å². The molecule has 0 amide bonds. The van der Waals surface area contributed by atoms with Gasteiger partial charge in [0.15, 0.2) is 5.82 Å². The molecule has 3 aromatic rings. The summed E-state index contributed by atoms with van der Waals surface area (Å²) in [6.07, 6.45) is 0. The zero-order chi connectivity index (χ0) is 19.6. The second-order valence-electron chi connectivity index (χ2n) is 6.84. The van der Waals surface area contributed by atoms with Crippen molar-refractivity contribution in [3.05, 3.63) is 66.0 Å². The van der Waals surface area contributed by atoms with Crippen molar-refractivity contribution in [2.24, 2.45) is 0 Å². The third-order valence-electron chi connectivity index (χ3n) is 4.89. The number of tetrazole rings is 1. The Kier molecular flexibility index (Phi) is 5.21. The van der Waals surface area contributed by atoms with Crippen molar-refractivity contribution in [3.63, 3.8) is 0 Å². The molecule has 2 heterocycles. The van der Waals surface area contributed by atoms with Gasteiger partial charge in [-0.05, 0) is 41.6 Å². The van der Waals surface area contributed by atoms with Gasteiger partial charge in [0.1, 0.15) is 0 Å². The Balaban J connectivity index is 1.42. The summed E-state index contributed by atoms with van der Waals surface area (Å²) in [5, 5.41) is 12.1. The smallest absolute Gasteiger partial charge is 0.243 e. The minimum atomic E-state index is -3.44. The molecule has 9 heteroatoms. The predicted octanol–water partition coefficient (Wildman–Crippen LogP) is 1.48. The van der Waals surface area contributed by atoms with E-state index in [9.17, 15) is 8.42 Å². The molecule has 0 spiro atoms. The van der Waals surface area contributed by atoms with Gasteiger partial charge in [0.2, 0.25) is 10.0 Å². The van der Waals surface area contributed by atoms with E-state index in [1.165, 1.54) is 5.56 Å². The number of benzene rings is 2. The van der Waals surface area contributed by atoms with Crippen LogP contribution < -0.4 is 0 Å². The molecule has 0 atom stereocenters. The van der Waals surface area contributed by atoms with E-state index < -0.39 is 10.0 Å². The highest BCUT2D eigenvalue weighted by Gasteiger charge is 2.28. The van der Waals surface area contributed by atoms with Gasteiger partial charge in [-0.3, -0.25) is 4.90 Å². The number of hydrogen-bond acceptors (Lipinski definition) is 6. The molecule has 8 nitrogen and oxygen atoms in total. The minimum absolute atomic E-state index is 0.340. The van der Waals surface area contributed by atoms with Crippen LogP contribution in [0, 0.1) is 6.92 Å². The van der Waals surface area contributed by atoms with E-state index in [4.69, 9.17) is 0 Å². The van der Waals surface area contributed by atoms with Crippen LogP contribution in [0.15, 0.2) is 59.5 Å². The molecule has 2 aromatic carbocycles. The highest BCUT2D eigenvalue weighted by Crippen LogP contribution is 2.18. The first kappa shape index (κ1) is 18.7. The van der Waals surface area contributed by atoms with E-state index in [0.29, 0.717) is 37.6 Å². The first-order valence-corrected chi connectivity index (χ1v) is 10.6. The van der Waals surface area contributed by atoms with Crippen LogP contribution >= 0.6 is 0 Å². The average molecular weight is 398 g/mol. The second kappa shape index (κ2) is 7.78. The molecule has 0 unspecified atom stereocenters. The third-order valence-corrected chi connectivity index (χ3v) is 6.80. The summed E-state index contributed by atoms with van der Waals surface area (Å²) in [5.74, 6) is 0.739. The van der Waals surface area contributed by atoms with Crippen molar-refractivity contribution >= 4 is 10.0 Å². The lowest BCUT2D eigenvalue weighted by molar-refractivity contribution is 0.177. The van der Waals surface area contributed by atoms with Gasteiger partial charge in [0, 0.05) is 26.2 Å². The van der Waals surface area contributed by atoms with E-state index in [2.05, 4.69) is 20.4 Å². The number of hydrogen-bond donors (Lipinski definition) is 0. The normalized spacial score (nSPS) is 16.3. The molecule has 1 aliphatic rings. The van der Waals surface area contributed by atoms with E-state index in [1.54, 1.807) is 33.3 Å². The summed E-state index contributed by atoms with van der Waals surface area (Å²) in [6.45, 7) is 4.76. The van der Waals surface area contributed by atoms with Gasteiger partial charge in [0.25, 0.3) is 0 Å². The molecular weight excluding hydrogens is 376 g/mol. The van der Waals surface area contributed by atoms with Crippen molar-refractivity contribution < 1.29 is 8.42 Å². The van der Waals surface area contributed by atoms with Gasteiger partial charge in [0.05, 0.1) is 17.1 Å². The maximum atomic E-state index is 12.7. The molecule has 146 valence electrons. The van der Waals surface area contributed by atoms with E-state index >= 15 is 0 Å². The van der Waals surface area contributed by atoms with Gasteiger partial charge in [-0.1, -0.05) is 35.9 Å². The zero-order valence-corrected chi connectivity index (χ0v) is 16.5. The van der Waals surface area contributed by atoms with Crippen LogP contribution in [0.5, 0.6) is 0 Å². The van der Waals surface area contributed by atoms with Gasteiger partial charge in [-0.15, -0.1) is 5.10 Å². The topological polar surface area (TPSA) is 84.2 Å². The first-order chi connectivity index (χ1) is 13.5. The highest BCUT2D eigenvalue weighted by molar-refractivity contribution is 7.89. The number of sulfonamides is 1. The molecule has 4 rings (SSSR count). The van der Waals surface area contributed by atoms with E-state index in [0.717, 1.165) is 11.5 Å². The summed E-state index contributed by atoms with van der Waals surface area (Å²) in [7, 11) is -3.44. The van der Waals surface area contributed by atoms with Crippen molar-refractivity contribution in [2.45, 2.75) is 18.4 Å². The Hall–Kier alpha value is -2.62. The van der Waals surface area contributed by atoms with E-state index in [-0.39, 0.29) is 0 Å². The number of aromatic nitrogens is 4. The summed E-state index contributed by atoms with van der Waals surface area (Å²) in [6, 6.07) is 16.6. The Labute approximate surface area is 164 Å². The molecule has 1 aliphatic heterocycles. The first-order valence-electron chi connectivity index (χ1n) is 9.16. The highest BCUT2D eigenvalue weighted by atomic mass is 32.2. The zero-order valence-electron chi connectivity index (χ0n) is 15.6. The third kappa shape index (κ3) is 3.82. The monoisotopic (exact) mass is 398 g/mol. The van der Waals surface area contributed by atoms with Gasteiger partial charge < -0.3 is 0 Å². The predicted molar refractivity (Wildman–Crippen MR) is 104 cm³/mol. The lowest BCUT2D eigenvalue weighted by atomic mass is 10.2. The Morgan fingerprint density at radius 1 is 0.929 bits per heavy atom. The van der Waals surface area contributed by atoms with Crippen molar-refractivity contribution in [1.82, 2.24) is 29.4 Å². The van der Waals surface area contributed by atoms with Crippen LogP contribution in [0.25, 0.3) is 5.69 Å². The summed E-state index contributed by atoms with van der Waals surface area (Å²) in [4.78, 5) is 2.51. The maximum absolute atomic E-state index is 12.7. The Morgan fingerprint density at radius 2 is 1.61 bits per heavy atom. The van der Waals surface area contributed by atoms with Crippen molar-refractivity contribution in [1.29, 1.82) is 0 Å².